The summed E-state index contributed by atoms with van der Waals surface area (Å²) in [6.07, 6.45) is 1.24. The number of anilines is 1. The molecular formula is C34H34N4O2. The van der Waals surface area contributed by atoms with Crippen molar-refractivity contribution in [2.45, 2.75) is 39.7 Å². The van der Waals surface area contributed by atoms with E-state index in [9.17, 15) is 9.59 Å². The van der Waals surface area contributed by atoms with Gasteiger partial charge in [0.15, 0.2) is 0 Å². The minimum Gasteiger partial charge on any atom is -0.314 e. The second-order valence-corrected chi connectivity index (χ2v) is 10.1. The SMILES string of the molecule is CCC(c1nc2ccccc2c(=O)n1-c1cccc(C)c1)N(CCc1ccccc1)C(=O)Nc1ccccc1C. The van der Waals surface area contributed by atoms with Crippen molar-refractivity contribution in [3.05, 3.63) is 136 Å². The Morgan fingerprint density at radius 2 is 1.62 bits per heavy atom. The zero-order valence-electron chi connectivity index (χ0n) is 23.2. The Morgan fingerprint density at radius 1 is 0.900 bits per heavy atom. The molecule has 0 aliphatic carbocycles. The van der Waals surface area contributed by atoms with Crippen LogP contribution in [0, 0.1) is 13.8 Å². The Morgan fingerprint density at radius 3 is 2.38 bits per heavy atom. The van der Waals surface area contributed by atoms with Gasteiger partial charge in [-0.25, -0.2) is 9.78 Å². The first-order valence-corrected chi connectivity index (χ1v) is 13.7. The van der Waals surface area contributed by atoms with E-state index in [4.69, 9.17) is 4.98 Å². The highest BCUT2D eigenvalue weighted by Crippen LogP contribution is 2.28. The van der Waals surface area contributed by atoms with Gasteiger partial charge in [0.1, 0.15) is 5.82 Å². The Labute approximate surface area is 234 Å². The maximum atomic E-state index is 14.0. The molecule has 4 aromatic carbocycles. The molecule has 5 aromatic rings. The smallest absolute Gasteiger partial charge is 0.314 e. The van der Waals surface area contributed by atoms with Gasteiger partial charge in [0.05, 0.1) is 22.6 Å². The van der Waals surface area contributed by atoms with E-state index in [-0.39, 0.29) is 11.6 Å². The van der Waals surface area contributed by atoms with Crippen molar-refractivity contribution < 1.29 is 4.79 Å². The lowest BCUT2D eigenvalue weighted by Gasteiger charge is -2.32. The van der Waals surface area contributed by atoms with E-state index < -0.39 is 6.04 Å². The number of carbonyl (C=O) groups excluding carboxylic acids is 1. The average Bonchev–Trinajstić information content (AvgIpc) is 2.97. The molecule has 6 heteroatoms. The second-order valence-electron chi connectivity index (χ2n) is 10.1. The van der Waals surface area contributed by atoms with E-state index in [1.165, 1.54) is 0 Å². The predicted molar refractivity (Wildman–Crippen MR) is 162 cm³/mol. The normalized spacial score (nSPS) is 11.8. The molecular weight excluding hydrogens is 496 g/mol. The Balaban J connectivity index is 1.65. The number of urea groups is 1. The molecule has 0 spiro atoms. The number of aromatic nitrogens is 2. The molecule has 1 unspecified atom stereocenters. The minimum atomic E-state index is -0.453. The molecule has 1 heterocycles. The van der Waals surface area contributed by atoms with Gasteiger partial charge in [-0.3, -0.25) is 9.36 Å². The molecule has 2 amide bonds. The Bertz CT molecular complexity index is 1690. The van der Waals surface area contributed by atoms with Crippen LogP contribution in [0.4, 0.5) is 10.5 Å². The lowest BCUT2D eigenvalue weighted by atomic mass is 10.1. The molecule has 202 valence electrons. The third kappa shape index (κ3) is 5.66. The van der Waals surface area contributed by atoms with Crippen LogP contribution in [-0.4, -0.2) is 27.0 Å². The van der Waals surface area contributed by atoms with E-state index in [1.807, 2.05) is 111 Å². The van der Waals surface area contributed by atoms with Gasteiger partial charge < -0.3 is 10.2 Å². The first-order chi connectivity index (χ1) is 19.5. The minimum absolute atomic E-state index is 0.146. The van der Waals surface area contributed by atoms with Gasteiger partial charge >= 0.3 is 6.03 Å². The number of carbonyl (C=O) groups is 1. The number of para-hydroxylation sites is 2. The lowest BCUT2D eigenvalue weighted by molar-refractivity contribution is 0.182. The number of hydrogen-bond acceptors (Lipinski definition) is 3. The van der Waals surface area contributed by atoms with Crippen molar-refractivity contribution >= 4 is 22.6 Å². The monoisotopic (exact) mass is 530 g/mol. The first-order valence-electron chi connectivity index (χ1n) is 13.7. The second kappa shape index (κ2) is 12.0. The molecule has 5 rings (SSSR count). The van der Waals surface area contributed by atoms with Crippen LogP contribution >= 0.6 is 0 Å². The molecule has 0 bridgehead atoms. The van der Waals surface area contributed by atoms with E-state index in [1.54, 1.807) is 10.6 Å². The fourth-order valence-corrected chi connectivity index (χ4v) is 5.13. The predicted octanol–water partition coefficient (Wildman–Crippen LogP) is 7.23. The first kappa shape index (κ1) is 26.9. The standard InChI is InChI=1S/C34H34N4O2/c1-4-31(32-35-30-20-11-9-18-28(30)33(39)38(32)27-17-12-13-24(2)23-27)37(22-21-26-15-6-5-7-16-26)34(40)36-29-19-10-8-14-25(29)3/h5-20,23,31H,4,21-22H2,1-3H3,(H,36,40). The van der Waals surface area contributed by atoms with Crippen molar-refractivity contribution in [2.75, 3.05) is 11.9 Å². The number of benzene rings is 4. The molecule has 1 atom stereocenters. The van der Waals surface area contributed by atoms with E-state index in [0.717, 1.165) is 28.1 Å². The highest BCUT2D eigenvalue weighted by molar-refractivity contribution is 5.90. The fraction of sp³-hybridized carbons (Fsp3) is 0.206. The van der Waals surface area contributed by atoms with Crippen molar-refractivity contribution in [1.82, 2.24) is 14.5 Å². The summed E-state index contributed by atoms with van der Waals surface area (Å²) in [5.74, 6) is 0.546. The van der Waals surface area contributed by atoms with Crippen LogP contribution in [-0.2, 0) is 6.42 Å². The van der Waals surface area contributed by atoms with Crippen LogP contribution in [0.3, 0.4) is 0 Å². The molecule has 1 aromatic heterocycles. The van der Waals surface area contributed by atoms with Crippen molar-refractivity contribution in [3.63, 3.8) is 0 Å². The van der Waals surface area contributed by atoms with Gasteiger partial charge in [-0.05, 0) is 73.7 Å². The van der Waals surface area contributed by atoms with Crippen LogP contribution in [0.25, 0.3) is 16.6 Å². The van der Waals surface area contributed by atoms with Gasteiger partial charge in [-0.1, -0.05) is 79.7 Å². The van der Waals surface area contributed by atoms with Crippen LogP contribution in [0.2, 0.25) is 0 Å². The molecule has 6 nitrogen and oxygen atoms in total. The zero-order valence-corrected chi connectivity index (χ0v) is 23.2. The van der Waals surface area contributed by atoms with Crippen molar-refractivity contribution in [3.8, 4) is 5.69 Å². The number of nitrogens with zero attached hydrogens (tertiary/aromatic N) is 3. The third-order valence-electron chi connectivity index (χ3n) is 7.25. The van der Waals surface area contributed by atoms with E-state index in [2.05, 4.69) is 17.4 Å². The average molecular weight is 531 g/mol. The number of fused-ring (bicyclic) bond motifs is 1. The quantitative estimate of drug-likeness (QED) is 0.230. The topological polar surface area (TPSA) is 67.2 Å². The summed E-state index contributed by atoms with van der Waals surface area (Å²) in [7, 11) is 0. The largest absolute Gasteiger partial charge is 0.322 e. The summed E-state index contributed by atoms with van der Waals surface area (Å²) in [5.41, 5.74) is 5.11. The third-order valence-corrected chi connectivity index (χ3v) is 7.25. The maximum absolute atomic E-state index is 14.0. The molecule has 0 radical (unpaired) electrons. The summed E-state index contributed by atoms with van der Waals surface area (Å²) in [6.45, 7) is 6.46. The molecule has 0 saturated heterocycles. The molecule has 0 saturated carbocycles. The highest BCUT2D eigenvalue weighted by Gasteiger charge is 2.29. The summed E-state index contributed by atoms with van der Waals surface area (Å²) in [6, 6.07) is 32.4. The lowest BCUT2D eigenvalue weighted by Crippen LogP contribution is -2.42. The summed E-state index contributed by atoms with van der Waals surface area (Å²) >= 11 is 0. The molecule has 40 heavy (non-hydrogen) atoms. The van der Waals surface area contributed by atoms with Crippen LogP contribution in [0.15, 0.2) is 108 Å². The van der Waals surface area contributed by atoms with Gasteiger partial charge in [0.2, 0.25) is 0 Å². The molecule has 1 N–H and O–H groups in total. The van der Waals surface area contributed by atoms with Crippen molar-refractivity contribution in [2.24, 2.45) is 0 Å². The Kier molecular flexibility index (Phi) is 8.06. The van der Waals surface area contributed by atoms with Gasteiger partial charge in [0.25, 0.3) is 5.56 Å². The fourth-order valence-electron chi connectivity index (χ4n) is 5.13. The van der Waals surface area contributed by atoms with E-state index in [0.29, 0.717) is 36.1 Å². The molecule has 0 aliphatic heterocycles. The van der Waals surface area contributed by atoms with Crippen molar-refractivity contribution in [1.29, 1.82) is 0 Å². The number of amides is 2. The Hall–Kier alpha value is -4.71. The van der Waals surface area contributed by atoms with Gasteiger partial charge in [-0.2, -0.15) is 0 Å². The summed E-state index contributed by atoms with van der Waals surface area (Å²) < 4.78 is 1.68. The van der Waals surface area contributed by atoms with Gasteiger partial charge in [0, 0.05) is 12.2 Å². The number of nitrogens with one attached hydrogen (secondary N) is 1. The summed E-state index contributed by atoms with van der Waals surface area (Å²) in [4.78, 5) is 34.9. The molecule has 0 fully saturated rings. The summed E-state index contributed by atoms with van der Waals surface area (Å²) in [5, 5.41) is 3.67. The number of aryl methyl sites for hydroxylation is 2. The maximum Gasteiger partial charge on any atom is 0.322 e. The molecule has 0 aliphatic rings. The van der Waals surface area contributed by atoms with Gasteiger partial charge in [-0.15, -0.1) is 0 Å². The van der Waals surface area contributed by atoms with Crippen LogP contribution in [0.5, 0.6) is 0 Å². The zero-order chi connectivity index (χ0) is 28.1. The van der Waals surface area contributed by atoms with Crippen LogP contribution in [0.1, 0.15) is 41.9 Å². The van der Waals surface area contributed by atoms with E-state index >= 15 is 0 Å². The number of hydrogen-bond donors (Lipinski definition) is 1. The number of rotatable bonds is 8. The van der Waals surface area contributed by atoms with Crippen LogP contribution < -0.4 is 10.9 Å². The highest BCUT2D eigenvalue weighted by atomic mass is 16.2.